The highest BCUT2D eigenvalue weighted by Gasteiger charge is 2.12. The van der Waals surface area contributed by atoms with Crippen LogP contribution in [0.5, 0.6) is 0 Å². The van der Waals surface area contributed by atoms with Gasteiger partial charge in [-0.25, -0.2) is 0 Å². The van der Waals surface area contributed by atoms with E-state index in [1.165, 1.54) is 38.5 Å². The molecule has 4 nitrogen and oxygen atoms in total. The number of carbonyl (C=O) groups is 2. The van der Waals surface area contributed by atoms with Crippen LogP contribution < -0.4 is 0 Å². The molecule has 0 aliphatic carbocycles. The van der Waals surface area contributed by atoms with Crippen LogP contribution in [-0.2, 0) is 19.1 Å². The predicted octanol–water partition coefficient (Wildman–Crippen LogP) is 6.99. The van der Waals surface area contributed by atoms with Gasteiger partial charge in [0.05, 0.1) is 6.61 Å². The molecule has 0 rings (SSSR count). The van der Waals surface area contributed by atoms with Gasteiger partial charge in [0.2, 0.25) is 0 Å². The molecule has 28 heavy (non-hydrogen) atoms. The number of hydrogen-bond donors (Lipinski definition) is 0. The minimum absolute atomic E-state index is 0.00180. The second kappa shape index (κ2) is 19.3. The number of hydrogen-bond acceptors (Lipinski definition) is 4. The van der Waals surface area contributed by atoms with Gasteiger partial charge in [0.15, 0.2) is 0 Å². The smallest absolute Gasteiger partial charge is 0.306 e. The Morgan fingerprint density at radius 3 is 1.64 bits per heavy atom. The van der Waals surface area contributed by atoms with Crippen molar-refractivity contribution in [2.75, 3.05) is 6.61 Å². The molecule has 0 radical (unpaired) electrons. The van der Waals surface area contributed by atoms with Gasteiger partial charge in [0.25, 0.3) is 0 Å². The maximum atomic E-state index is 11.7. The summed E-state index contributed by atoms with van der Waals surface area (Å²) in [6, 6.07) is 0. The highest BCUT2D eigenvalue weighted by molar-refractivity contribution is 5.69. The van der Waals surface area contributed by atoms with Crippen molar-refractivity contribution in [2.24, 2.45) is 5.92 Å². The monoisotopic (exact) mass is 398 g/mol. The van der Waals surface area contributed by atoms with Gasteiger partial charge in [0, 0.05) is 12.8 Å². The van der Waals surface area contributed by atoms with Gasteiger partial charge < -0.3 is 9.47 Å². The van der Waals surface area contributed by atoms with Crippen molar-refractivity contribution in [1.29, 1.82) is 0 Å². The molecular weight excluding hydrogens is 352 g/mol. The van der Waals surface area contributed by atoms with Crippen LogP contribution in [0.25, 0.3) is 0 Å². The van der Waals surface area contributed by atoms with E-state index in [0.29, 0.717) is 25.4 Å². The number of ether oxygens (including phenoxy) is 2. The molecule has 0 N–H and O–H groups in total. The van der Waals surface area contributed by atoms with E-state index in [-0.39, 0.29) is 18.0 Å². The van der Waals surface area contributed by atoms with Crippen molar-refractivity contribution in [3.05, 3.63) is 0 Å². The summed E-state index contributed by atoms with van der Waals surface area (Å²) in [6.45, 7) is 8.88. The van der Waals surface area contributed by atoms with Crippen molar-refractivity contribution in [2.45, 2.75) is 130 Å². The zero-order valence-corrected chi connectivity index (χ0v) is 19.1. The van der Waals surface area contributed by atoms with E-state index < -0.39 is 0 Å². The lowest BCUT2D eigenvalue weighted by molar-refractivity contribution is -0.150. The SMILES string of the molecule is CCCCCCCCCOC(=O)CCCCCCCCC(=O)OC(C)C(C)C. The van der Waals surface area contributed by atoms with Crippen LogP contribution in [0.4, 0.5) is 0 Å². The molecule has 0 amide bonds. The van der Waals surface area contributed by atoms with Crippen molar-refractivity contribution in [3.63, 3.8) is 0 Å². The Morgan fingerprint density at radius 2 is 1.11 bits per heavy atom. The first-order chi connectivity index (χ1) is 13.5. The maximum absolute atomic E-state index is 11.7. The number of unbranched alkanes of at least 4 members (excludes halogenated alkanes) is 11. The second-order valence-electron chi connectivity index (χ2n) is 8.40. The van der Waals surface area contributed by atoms with E-state index in [0.717, 1.165) is 44.9 Å². The summed E-state index contributed by atoms with van der Waals surface area (Å²) in [4.78, 5) is 23.4. The zero-order valence-electron chi connectivity index (χ0n) is 19.1. The van der Waals surface area contributed by atoms with Crippen LogP contribution >= 0.6 is 0 Å². The Kier molecular flexibility index (Phi) is 18.5. The van der Waals surface area contributed by atoms with Crippen molar-refractivity contribution >= 4 is 11.9 Å². The van der Waals surface area contributed by atoms with Gasteiger partial charge >= 0.3 is 11.9 Å². The topological polar surface area (TPSA) is 52.6 Å². The molecule has 166 valence electrons. The molecular formula is C24H46O4. The average Bonchev–Trinajstić information content (AvgIpc) is 2.65. The first kappa shape index (κ1) is 26.9. The minimum Gasteiger partial charge on any atom is -0.466 e. The third-order valence-corrected chi connectivity index (χ3v) is 5.28. The Bertz CT molecular complexity index is 379. The number of esters is 2. The van der Waals surface area contributed by atoms with Gasteiger partial charge in [-0.05, 0) is 32.1 Å². The zero-order chi connectivity index (χ0) is 21.0. The summed E-state index contributed by atoms with van der Waals surface area (Å²) in [5, 5.41) is 0. The standard InChI is InChI=1S/C24H46O4/c1-5-6-7-8-11-14-17-20-27-23(25)18-15-12-9-10-13-16-19-24(26)28-22(4)21(2)3/h21-22H,5-20H2,1-4H3. The molecule has 0 heterocycles. The van der Waals surface area contributed by atoms with Crippen LogP contribution in [0.1, 0.15) is 124 Å². The van der Waals surface area contributed by atoms with Crippen molar-refractivity contribution < 1.29 is 19.1 Å². The first-order valence-corrected chi connectivity index (χ1v) is 11.8. The summed E-state index contributed by atoms with van der Waals surface area (Å²) < 4.78 is 10.7. The van der Waals surface area contributed by atoms with Crippen LogP contribution in [0.15, 0.2) is 0 Å². The van der Waals surface area contributed by atoms with Gasteiger partial charge in [-0.2, -0.15) is 0 Å². The lowest BCUT2D eigenvalue weighted by Crippen LogP contribution is -2.19. The largest absolute Gasteiger partial charge is 0.466 e. The van der Waals surface area contributed by atoms with Crippen LogP contribution in [0.3, 0.4) is 0 Å². The molecule has 0 aliphatic rings. The fraction of sp³-hybridized carbons (Fsp3) is 0.917. The molecule has 0 fully saturated rings. The van der Waals surface area contributed by atoms with Gasteiger partial charge in [-0.3, -0.25) is 9.59 Å². The van der Waals surface area contributed by atoms with E-state index in [1.54, 1.807) is 0 Å². The molecule has 0 saturated carbocycles. The Hall–Kier alpha value is -1.06. The third-order valence-electron chi connectivity index (χ3n) is 5.28. The summed E-state index contributed by atoms with van der Waals surface area (Å²) >= 11 is 0. The molecule has 1 unspecified atom stereocenters. The lowest BCUT2D eigenvalue weighted by atomic mass is 10.1. The molecule has 0 saturated heterocycles. The van der Waals surface area contributed by atoms with Crippen LogP contribution in [0, 0.1) is 5.92 Å². The summed E-state index contributed by atoms with van der Waals surface area (Å²) in [7, 11) is 0. The van der Waals surface area contributed by atoms with E-state index in [9.17, 15) is 9.59 Å². The fourth-order valence-electron chi connectivity index (χ4n) is 2.97. The molecule has 4 heteroatoms. The number of carbonyl (C=O) groups excluding carboxylic acids is 2. The van der Waals surface area contributed by atoms with Gasteiger partial charge in [0.1, 0.15) is 6.10 Å². The van der Waals surface area contributed by atoms with Crippen molar-refractivity contribution in [3.8, 4) is 0 Å². The third kappa shape index (κ3) is 18.3. The average molecular weight is 399 g/mol. The summed E-state index contributed by atoms with van der Waals surface area (Å²) in [6.07, 6.45) is 15.9. The molecule has 0 aromatic carbocycles. The highest BCUT2D eigenvalue weighted by atomic mass is 16.5. The van der Waals surface area contributed by atoms with Crippen LogP contribution in [0.2, 0.25) is 0 Å². The lowest BCUT2D eigenvalue weighted by Gasteiger charge is -2.16. The van der Waals surface area contributed by atoms with E-state index in [1.807, 2.05) is 6.92 Å². The first-order valence-electron chi connectivity index (χ1n) is 11.8. The Morgan fingerprint density at radius 1 is 0.643 bits per heavy atom. The fourth-order valence-corrected chi connectivity index (χ4v) is 2.97. The molecule has 0 aliphatic heterocycles. The normalized spacial score (nSPS) is 12.2. The highest BCUT2D eigenvalue weighted by Crippen LogP contribution is 2.12. The molecule has 0 bridgehead atoms. The van der Waals surface area contributed by atoms with Gasteiger partial charge in [-0.1, -0.05) is 85.0 Å². The quantitative estimate of drug-likeness (QED) is 0.174. The molecule has 0 aromatic heterocycles. The van der Waals surface area contributed by atoms with E-state index in [2.05, 4.69) is 20.8 Å². The van der Waals surface area contributed by atoms with Crippen molar-refractivity contribution in [1.82, 2.24) is 0 Å². The summed E-state index contributed by atoms with van der Waals surface area (Å²) in [5.74, 6) is 0.240. The molecule has 1 atom stereocenters. The Balaban J connectivity index is 3.33. The number of rotatable bonds is 19. The van der Waals surface area contributed by atoms with Gasteiger partial charge in [-0.15, -0.1) is 0 Å². The second-order valence-corrected chi connectivity index (χ2v) is 8.40. The predicted molar refractivity (Wildman–Crippen MR) is 116 cm³/mol. The van der Waals surface area contributed by atoms with E-state index >= 15 is 0 Å². The van der Waals surface area contributed by atoms with E-state index in [4.69, 9.17) is 9.47 Å². The van der Waals surface area contributed by atoms with Crippen LogP contribution in [-0.4, -0.2) is 24.6 Å². The summed E-state index contributed by atoms with van der Waals surface area (Å²) in [5.41, 5.74) is 0. The Labute approximate surface area is 174 Å². The maximum Gasteiger partial charge on any atom is 0.306 e. The molecule has 0 spiro atoms. The molecule has 0 aromatic rings. The minimum atomic E-state index is -0.0788.